The number of nitrogens with two attached hydrogens (primary N) is 1. The number of hydrogen-bond acceptors (Lipinski definition) is 4. The van der Waals surface area contributed by atoms with Crippen LogP contribution in [0.3, 0.4) is 0 Å². The van der Waals surface area contributed by atoms with Gasteiger partial charge in [0.05, 0.1) is 6.42 Å². The van der Waals surface area contributed by atoms with Gasteiger partial charge in [-0.25, -0.2) is 9.67 Å². The predicted molar refractivity (Wildman–Crippen MR) is 73.5 cm³/mol. The normalized spacial score (nSPS) is 23.5. The number of aryl methyl sites for hydroxylation is 1. The average molecular weight is 264 g/mol. The van der Waals surface area contributed by atoms with Crippen molar-refractivity contribution in [2.24, 2.45) is 17.6 Å². The summed E-state index contributed by atoms with van der Waals surface area (Å²) < 4.78 is 1.85. The summed E-state index contributed by atoms with van der Waals surface area (Å²) in [6, 6.07) is 0. The fraction of sp³-hybridized carbons (Fsp3) is 0.786. The molecule has 0 saturated heterocycles. The van der Waals surface area contributed by atoms with Crippen molar-refractivity contribution >= 4 is 5.78 Å². The maximum Gasteiger partial charge on any atom is 0.143 e. The van der Waals surface area contributed by atoms with Gasteiger partial charge in [-0.3, -0.25) is 4.79 Å². The van der Waals surface area contributed by atoms with Gasteiger partial charge in [0.1, 0.15) is 17.9 Å². The Kier molecular flexibility index (Phi) is 5.07. The lowest BCUT2D eigenvalue weighted by molar-refractivity contribution is -0.123. The van der Waals surface area contributed by atoms with Crippen molar-refractivity contribution in [2.75, 3.05) is 6.54 Å². The largest absolute Gasteiger partial charge is 0.330 e. The van der Waals surface area contributed by atoms with E-state index in [-0.39, 0.29) is 5.92 Å². The van der Waals surface area contributed by atoms with Crippen LogP contribution in [-0.4, -0.2) is 27.1 Å². The summed E-state index contributed by atoms with van der Waals surface area (Å²) in [5.74, 6) is 1.95. The van der Waals surface area contributed by atoms with Gasteiger partial charge in [-0.15, -0.1) is 0 Å². The van der Waals surface area contributed by atoms with Crippen LogP contribution in [0, 0.1) is 11.8 Å². The molecule has 0 unspecified atom stereocenters. The zero-order valence-corrected chi connectivity index (χ0v) is 11.7. The molecule has 1 heterocycles. The highest BCUT2D eigenvalue weighted by Gasteiger charge is 2.26. The van der Waals surface area contributed by atoms with E-state index in [1.807, 2.05) is 4.68 Å². The molecular weight excluding hydrogens is 240 g/mol. The maximum absolute atomic E-state index is 12.3. The van der Waals surface area contributed by atoms with Crippen LogP contribution in [0.1, 0.15) is 44.9 Å². The number of hydrogen-bond donors (Lipinski definition) is 1. The molecule has 0 spiro atoms. The van der Waals surface area contributed by atoms with Crippen molar-refractivity contribution in [3.63, 3.8) is 0 Å². The summed E-state index contributed by atoms with van der Waals surface area (Å²) in [4.78, 5) is 16.5. The third-order valence-electron chi connectivity index (χ3n) is 4.10. The fourth-order valence-corrected chi connectivity index (χ4v) is 2.84. The highest BCUT2D eigenvalue weighted by molar-refractivity contribution is 5.82. The van der Waals surface area contributed by atoms with E-state index in [1.54, 1.807) is 6.33 Å². The molecule has 106 valence electrons. The molecule has 2 N–H and O–H groups in total. The van der Waals surface area contributed by atoms with Crippen LogP contribution in [0.5, 0.6) is 0 Å². The first kappa shape index (κ1) is 14.2. The van der Waals surface area contributed by atoms with Gasteiger partial charge < -0.3 is 5.73 Å². The topological polar surface area (TPSA) is 73.8 Å². The highest BCUT2D eigenvalue weighted by Crippen LogP contribution is 2.29. The molecule has 0 atom stereocenters. The zero-order chi connectivity index (χ0) is 13.7. The molecule has 0 aromatic carbocycles. The molecule has 0 radical (unpaired) electrons. The summed E-state index contributed by atoms with van der Waals surface area (Å²) in [7, 11) is 0. The lowest BCUT2D eigenvalue weighted by atomic mass is 9.79. The molecule has 19 heavy (non-hydrogen) atoms. The van der Waals surface area contributed by atoms with Gasteiger partial charge in [-0.05, 0) is 44.6 Å². The Morgan fingerprint density at radius 2 is 2.16 bits per heavy atom. The van der Waals surface area contributed by atoms with E-state index >= 15 is 0 Å². The van der Waals surface area contributed by atoms with Gasteiger partial charge in [0.15, 0.2) is 0 Å². The second kappa shape index (κ2) is 6.80. The minimum atomic E-state index is 0.203. The Bertz CT molecular complexity index is 407. The van der Waals surface area contributed by atoms with E-state index in [1.165, 1.54) is 0 Å². The minimum Gasteiger partial charge on any atom is -0.330 e. The first-order chi connectivity index (χ1) is 9.24. The van der Waals surface area contributed by atoms with E-state index in [4.69, 9.17) is 5.73 Å². The van der Waals surface area contributed by atoms with E-state index in [0.29, 0.717) is 18.1 Å². The number of rotatable bonds is 6. The lowest BCUT2D eigenvalue weighted by Crippen LogP contribution is -2.27. The smallest absolute Gasteiger partial charge is 0.143 e. The van der Waals surface area contributed by atoms with Crippen LogP contribution in [-0.2, 0) is 17.8 Å². The summed E-state index contributed by atoms with van der Waals surface area (Å²) in [5, 5.41) is 4.17. The van der Waals surface area contributed by atoms with Crippen molar-refractivity contribution in [1.82, 2.24) is 14.8 Å². The first-order valence-corrected chi connectivity index (χ1v) is 7.34. The third-order valence-corrected chi connectivity index (χ3v) is 4.10. The van der Waals surface area contributed by atoms with Crippen molar-refractivity contribution in [1.29, 1.82) is 0 Å². The third kappa shape index (κ3) is 3.62. The van der Waals surface area contributed by atoms with E-state index in [0.717, 1.165) is 51.0 Å². The Balaban J connectivity index is 1.89. The lowest BCUT2D eigenvalue weighted by Gasteiger charge is -2.26. The Morgan fingerprint density at radius 1 is 1.42 bits per heavy atom. The van der Waals surface area contributed by atoms with Gasteiger partial charge in [-0.1, -0.05) is 6.92 Å². The van der Waals surface area contributed by atoms with Crippen molar-refractivity contribution in [3.8, 4) is 0 Å². The van der Waals surface area contributed by atoms with Gasteiger partial charge in [0.25, 0.3) is 0 Å². The van der Waals surface area contributed by atoms with E-state index in [9.17, 15) is 4.79 Å². The molecule has 5 heteroatoms. The van der Waals surface area contributed by atoms with Crippen molar-refractivity contribution in [3.05, 3.63) is 12.2 Å². The van der Waals surface area contributed by atoms with Crippen molar-refractivity contribution in [2.45, 2.75) is 52.0 Å². The van der Waals surface area contributed by atoms with Gasteiger partial charge >= 0.3 is 0 Å². The van der Waals surface area contributed by atoms with Crippen LogP contribution in [0.2, 0.25) is 0 Å². The Hall–Kier alpha value is -1.23. The number of aromatic nitrogens is 3. The monoisotopic (exact) mass is 264 g/mol. The van der Waals surface area contributed by atoms with E-state index < -0.39 is 0 Å². The van der Waals surface area contributed by atoms with Crippen LogP contribution < -0.4 is 5.73 Å². The molecule has 1 aliphatic rings. The zero-order valence-electron chi connectivity index (χ0n) is 11.7. The summed E-state index contributed by atoms with van der Waals surface area (Å²) in [6.45, 7) is 3.69. The molecule has 0 bridgehead atoms. The molecule has 5 nitrogen and oxygen atoms in total. The fourth-order valence-electron chi connectivity index (χ4n) is 2.84. The predicted octanol–water partition coefficient (Wildman–Crippen LogP) is 1.56. The summed E-state index contributed by atoms with van der Waals surface area (Å²) >= 11 is 0. The Labute approximate surface area is 114 Å². The van der Waals surface area contributed by atoms with Crippen LogP contribution in [0.4, 0.5) is 0 Å². The average Bonchev–Trinajstić information content (AvgIpc) is 2.86. The van der Waals surface area contributed by atoms with E-state index in [2.05, 4.69) is 17.0 Å². The standard InChI is InChI=1S/C14H24N4O/c1-2-7-18-14(16-10-17-18)8-13(19)12-5-3-11(9-15)4-6-12/h10-12H,2-9,15H2,1H3. The van der Waals surface area contributed by atoms with Gasteiger partial charge in [0, 0.05) is 12.5 Å². The quantitative estimate of drug-likeness (QED) is 0.846. The number of Topliss-reactive ketones (excluding diaryl/α,β-unsaturated/α-hetero) is 1. The first-order valence-electron chi connectivity index (χ1n) is 7.34. The number of carbonyl (C=O) groups is 1. The second-order valence-electron chi connectivity index (χ2n) is 5.50. The molecule has 1 aliphatic carbocycles. The maximum atomic E-state index is 12.3. The molecule has 1 fully saturated rings. The SMILES string of the molecule is CCCn1ncnc1CC(=O)C1CCC(CN)CC1. The summed E-state index contributed by atoms with van der Waals surface area (Å²) in [5.41, 5.74) is 5.68. The van der Waals surface area contributed by atoms with Gasteiger partial charge in [-0.2, -0.15) is 5.10 Å². The van der Waals surface area contributed by atoms with Crippen LogP contribution >= 0.6 is 0 Å². The minimum absolute atomic E-state index is 0.203. The number of nitrogens with zero attached hydrogens (tertiary/aromatic N) is 3. The number of carbonyl (C=O) groups excluding carboxylic acids is 1. The molecule has 0 amide bonds. The van der Waals surface area contributed by atoms with Gasteiger partial charge in [0.2, 0.25) is 0 Å². The van der Waals surface area contributed by atoms with Crippen LogP contribution in [0.15, 0.2) is 6.33 Å². The Morgan fingerprint density at radius 3 is 2.79 bits per heavy atom. The molecule has 2 rings (SSSR count). The molecule has 1 aromatic heterocycles. The molecular formula is C14H24N4O. The molecule has 1 saturated carbocycles. The summed E-state index contributed by atoms with van der Waals surface area (Å²) in [6.07, 6.45) is 7.14. The second-order valence-corrected chi connectivity index (χ2v) is 5.50. The highest BCUT2D eigenvalue weighted by atomic mass is 16.1. The molecule has 0 aliphatic heterocycles. The van der Waals surface area contributed by atoms with Crippen LogP contribution in [0.25, 0.3) is 0 Å². The number of ketones is 1. The van der Waals surface area contributed by atoms with Crippen molar-refractivity contribution < 1.29 is 4.79 Å². The molecule has 1 aromatic rings.